The first-order valence-electron chi connectivity index (χ1n) is 3.42. The molecule has 0 aromatic heterocycles. The summed E-state index contributed by atoms with van der Waals surface area (Å²) in [4.78, 5) is 0. The van der Waals surface area contributed by atoms with Crippen LogP contribution in [0.15, 0.2) is 0 Å². The number of hydrogen-bond donors (Lipinski definition) is 1. The molecule has 1 nitrogen and oxygen atoms in total. The summed E-state index contributed by atoms with van der Waals surface area (Å²) in [6, 6.07) is 0. The van der Waals surface area contributed by atoms with E-state index in [0.717, 1.165) is 0 Å². The summed E-state index contributed by atoms with van der Waals surface area (Å²) in [5.74, 6) is 0.509. The fourth-order valence-corrected chi connectivity index (χ4v) is 0.644. The average molecular weight is 143 g/mol. The van der Waals surface area contributed by atoms with Gasteiger partial charge in [0.2, 0.25) is 0 Å². The molecule has 0 rings (SSSR count). The Labute approximate surface area is 77.0 Å². The van der Waals surface area contributed by atoms with Gasteiger partial charge in [-0.15, -0.1) is 0 Å². The van der Waals surface area contributed by atoms with Gasteiger partial charge in [-0.05, 0) is 12.3 Å². The van der Waals surface area contributed by atoms with Gasteiger partial charge in [0.25, 0.3) is 0 Å². The van der Waals surface area contributed by atoms with Gasteiger partial charge in [-0.1, -0.05) is 26.7 Å². The number of hydrogen-bond acceptors (Lipinski definition) is 1. The molecule has 0 aliphatic heterocycles. The Morgan fingerprint density at radius 3 is 2.44 bits per heavy atom. The fraction of sp³-hybridized carbons (Fsp3) is 1.00. The van der Waals surface area contributed by atoms with Crippen LogP contribution in [-0.4, -0.2) is 34.8 Å². The van der Waals surface area contributed by atoms with Crippen LogP contribution < -0.4 is 0 Å². The molecular formula is C7H18MgO. The van der Waals surface area contributed by atoms with E-state index < -0.39 is 0 Å². The van der Waals surface area contributed by atoms with Crippen molar-refractivity contribution in [2.75, 3.05) is 6.61 Å². The minimum Gasteiger partial charge on any atom is -1.00 e. The van der Waals surface area contributed by atoms with Crippen LogP contribution in [0.2, 0.25) is 0 Å². The molecule has 0 aliphatic carbocycles. The molecule has 9 heavy (non-hydrogen) atoms. The largest absolute Gasteiger partial charge is 2.00 e. The summed E-state index contributed by atoms with van der Waals surface area (Å²) in [6.07, 6.45) is 3.67. The van der Waals surface area contributed by atoms with E-state index in [1.807, 2.05) is 0 Å². The van der Waals surface area contributed by atoms with E-state index in [-0.39, 0.29) is 25.9 Å². The first-order chi connectivity index (χ1) is 3.81. The predicted molar refractivity (Wildman–Crippen MR) is 43.8 cm³/mol. The molecule has 0 amide bonds. The summed E-state index contributed by atoms with van der Waals surface area (Å²) in [5, 5.41) is 8.56. The summed E-state index contributed by atoms with van der Waals surface area (Å²) in [6.45, 7) is 4.60. The zero-order valence-corrected chi connectivity index (χ0v) is 7.97. The van der Waals surface area contributed by atoms with E-state index in [0.29, 0.717) is 12.5 Å². The molecule has 0 aromatic rings. The summed E-state index contributed by atoms with van der Waals surface area (Å²) >= 11 is 0. The Hall–Kier alpha value is 0.726. The van der Waals surface area contributed by atoms with Crippen LogP contribution in [0.1, 0.15) is 36.0 Å². The van der Waals surface area contributed by atoms with Crippen molar-refractivity contribution in [1.29, 1.82) is 0 Å². The van der Waals surface area contributed by atoms with E-state index in [9.17, 15) is 0 Å². The topological polar surface area (TPSA) is 20.2 Å². The van der Waals surface area contributed by atoms with Gasteiger partial charge in [0.05, 0.1) is 0 Å². The molecule has 2 heteroatoms. The third kappa shape index (κ3) is 8.73. The average Bonchev–Trinajstić information content (AvgIpc) is 1.83. The second-order valence-electron chi connectivity index (χ2n) is 2.43. The molecule has 0 saturated carbocycles. The molecule has 0 bridgehead atoms. The van der Waals surface area contributed by atoms with Crippen molar-refractivity contribution in [3.8, 4) is 0 Å². The monoisotopic (exact) mass is 142 g/mol. The van der Waals surface area contributed by atoms with Crippen molar-refractivity contribution in [1.82, 2.24) is 0 Å². The van der Waals surface area contributed by atoms with Crippen molar-refractivity contribution in [3.63, 3.8) is 0 Å². The zero-order valence-electron chi connectivity index (χ0n) is 8.56. The van der Waals surface area contributed by atoms with E-state index in [2.05, 4.69) is 13.8 Å². The smallest absolute Gasteiger partial charge is 1.00 e. The summed E-state index contributed by atoms with van der Waals surface area (Å²) in [5.41, 5.74) is 0. The van der Waals surface area contributed by atoms with Crippen molar-refractivity contribution < 1.29 is 7.96 Å². The normalized spacial score (nSPS) is 12.3. The molecule has 0 aromatic carbocycles. The van der Waals surface area contributed by atoms with Gasteiger partial charge in [-0.3, -0.25) is 0 Å². The van der Waals surface area contributed by atoms with Crippen LogP contribution in [0.25, 0.3) is 0 Å². The van der Waals surface area contributed by atoms with Crippen molar-refractivity contribution in [3.05, 3.63) is 0 Å². The van der Waals surface area contributed by atoms with E-state index in [1.54, 1.807) is 0 Å². The number of aliphatic hydroxyl groups excluding tert-OH is 1. The Morgan fingerprint density at radius 2 is 2.11 bits per heavy atom. The minimum absolute atomic E-state index is 0. The number of rotatable bonds is 4. The molecule has 54 valence electrons. The van der Waals surface area contributed by atoms with Crippen LogP contribution >= 0.6 is 0 Å². The Morgan fingerprint density at radius 1 is 1.56 bits per heavy atom. The van der Waals surface area contributed by atoms with Gasteiger partial charge in [-0.2, -0.15) is 0 Å². The summed E-state index contributed by atoms with van der Waals surface area (Å²) in [7, 11) is 0. The quantitative estimate of drug-likeness (QED) is 0.592. The Bertz CT molecular complexity index is 55.7. The predicted octanol–water partition coefficient (Wildman–Crippen LogP) is 1.65. The molecule has 0 radical (unpaired) electrons. The van der Waals surface area contributed by atoms with Crippen LogP contribution in [0.4, 0.5) is 0 Å². The van der Waals surface area contributed by atoms with Crippen LogP contribution in [-0.2, 0) is 0 Å². The van der Waals surface area contributed by atoms with Gasteiger partial charge in [0, 0.05) is 6.61 Å². The van der Waals surface area contributed by atoms with E-state index >= 15 is 0 Å². The van der Waals surface area contributed by atoms with E-state index in [1.165, 1.54) is 19.3 Å². The maximum atomic E-state index is 8.56. The first-order valence-corrected chi connectivity index (χ1v) is 3.42. The van der Waals surface area contributed by atoms with Crippen LogP contribution in [0, 0.1) is 5.92 Å². The Balaban J connectivity index is -0.0000000817. The standard InChI is InChI=1S/C7H16O.Mg.2H/c1-3-4-5-7(2)6-8;;;/h7-8H,3-6H2,1-2H3;;;/q;+2;2*-1. The van der Waals surface area contributed by atoms with Crippen molar-refractivity contribution in [2.24, 2.45) is 5.92 Å². The van der Waals surface area contributed by atoms with Gasteiger partial charge in [0.15, 0.2) is 0 Å². The molecule has 0 heterocycles. The summed E-state index contributed by atoms with van der Waals surface area (Å²) < 4.78 is 0. The third-order valence-electron chi connectivity index (χ3n) is 1.36. The molecule has 1 N–H and O–H groups in total. The van der Waals surface area contributed by atoms with Gasteiger partial charge in [-0.25, -0.2) is 0 Å². The number of unbranched alkanes of at least 4 members (excludes halogenated alkanes) is 1. The molecule has 0 spiro atoms. The fourth-order valence-electron chi connectivity index (χ4n) is 0.644. The maximum Gasteiger partial charge on any atom is 2.00 e. The first kappa shape index (κ1) is 12.4. The molecule has 0 aliphatic rings. The molecule has 1 unspecified atom stereocenters. The minimum atomic E-state index is 0. The maximum absolute atomic E-state index is 8.56. The second-order valence-corrected chi connectivity index (χ2v) is 2.43. The van der Waals surface area contributed by atoms with Crippen LogP contribution in [0.5, 0.6) is 0 Å². The SMILES string of the molecule is CCCCC(C)CO.[H-].[H-].[Mg+2]. The third-order valence-corrected chi connectivity index (χ3v) is 1.36. The van der Waals surface area contributed by atoms with Crippen molar-refractivity contribution in [2.45, 2.75) is 33.1 Å². The molecule has 1 atom stereocenters. The molecule has 0 saturated heterocycles. The second kappa shape index (κ2) is 8.73. The Kier molecular flexibility index (Phi) is 12.0. The van der Waals surface area contributed by atoms with Crippen molar-refractivity contribution >= 4 is 23.1 Å². The van der Waals surface area contributed by atoms with E-state index in [4.69, 9.17) is 5.11 Å². The number of aliphatic hydroxyl groups is 1. The van der Waals surface area contributed by atoms with Gasteiger partial charge < -0.3 is 7.96 Å². The molecular weight excluding hydrogens is 124 g/mol. The zero-order chi connectivity index (χ0) is 6.41. The van der Waals surface area contributed by atoms with Crippen LogP contribution in [0.3, 0.4) is 0 Å². The molecule has 0 fully saturated rings. The van der Waals surface area contributed by atoms with Gasteiger partial charge >= 0.3 is 23.1 Å². The van der Waals surface area contributed by atoms with Gasteiger partial charge in [0.1, 0.15) is 0 Å².